The molecule has 0 atom stereocenters. The lowest BCUT2D eigenvalue weighted by atomic mass is 9.95. The molecule has 3 N–H and O–H groups in total. The van der Waals surface area contributed by atoms with Crippen molar-refractivity contribution in [3.8, 4) is 0 Å². The summed E-state index contributed by atoms with van der Waals surface area (Å²) in [7, 11) is 3.61. The molecule has 0 amide bonds. The Morgan fingerprint density at radius 3 is 2.10 bits per heavy atom. The normalized spacial score (nSPS) is 22.2. The Labute approximate surface area is 75.1 Å². The zero-order valence-electron chi connectivity index (χ0n) is 5.58. The van der Waals surface area contributed by atoms with Gasteiger partial charge >= 0.3 is 0 Å². The van der Waals surface area contributed by atoms with Gasteiger partial charge in [-0.1, -0.05) is 21.6 Å². The third kappa shape index (κ3) is 2.20. The molecule has 0 unspecified atom stereocenters. The highest BCUT2D eigenvalue weighted by Gasteiger charge is 2.32. The van der Waals surface area contributed by atoms with Gasteiger partial charge in [-0.25, -0.2) is 0 Å². The van der Waals surface area contributed by atoms with Crippen molar-refractivity contribution in [3.05, 3.63) is 0 Å². The summed E-state index contributed by atoms with van der Waals surface area (Å²) in [6.07, 6.45) is 0. The fourth-order valence-corrected chi connectivity index (χ4v) is 4.07. The minimum Gasteiger partial charge on any atom is -0.396 e. The Morgan fingerprint density at radius 2 is 1.90 bits per heavy atom. The predicted molar refractivity (Wildman–Crippen MR) is 50.7 cm³/mol. The maximum atomic E-state index is 8.91. The Morgan fingerprint density at radius 1 is 1.40 bits per heavy atom. The van der Waals surface area contributed by atoms with Crippen molar-refractivity contribution in [2.24, 2.45) is 11.1 Å². The molecule has 0 aromatic heterocycles. The van der Waals surface area contributed by atoms with E-state index in [1.165, 1.54) is 0 Å². The van der Waals surface area contributed by atoms with E-state index in [0.29, 0.717) is 6.54 Å². The second-order valence-electron chi connectivity index (χ2n) is 2.39. The molecule has 1 aliphatic heterocycles. The van der Waals surface area contributed by atoms with E-state index in [-0.39, 0.29) is 24.4 Å². The Kier molecular flexibility index (Phi) is 5.15. The maximum absolute atomic E-state index is 8.91. The van der Waals surface area contributed by atoms with Crippen LogP contribution in [-0.2, 0) is 0 Å². The van der Waals surface area contributed by atoms with E-state index in [1.54, 1.807) is 21.6 Å². The molecule has 0 aromatic carbocycles. The third-order valence-electron chi connectivity index (χ3n) is 1.58. The molecular formula is C5H12ClNOS2. The number of nitrogens with two attached hydrogens (primary N) is 1. The molecule has 1 heterocycles. The minimum absolute atomic E-state index is 0. The summed E-state index contributed by atoms with van der Waals surface area (Å²) in [5.74, 6) is 2.01. The Bertz CT molecular complexity index is 91.6. The van der Waals surface area contributed by atoms with Crippen LogP contribution in [0.25, 0.3) is 0 Å². The van der Waals surface area contributed by atoms with Crippen molar-refractivity contribution in [1.29, 1.82) is 0 Å². The van der Waals surface area contributed by atoms with Gasteiger partial charge in [-0.05, 0) is 0 Å². The van der Waals surface area contributed by atoms with Gasteiger partial charge in [-0.2, -0.15) is 0 Å². The number of rotatable bonds is 2. The number of aliphatic hydroxyl groups excluding tert-OH is 1. The quantitative estimate of drug-likeness (QED) is 0.648. The fraction of sp³-hybridized carbons (Fsp3) is 1.00. The van der Waals surface area contributed by atoms with Crippen LogP contribution in [0.3, 0.4) is 0 Å². The van der Waals surface area contributed by atoms with Crippen molar-refractivity contribution >= 4 is 34.0 Å². The summed E-state index contributed by atoms with van der Waals surface area (Å²) in [5.41, 5.74) is 5.53. The van der Waals surface area contributed by atoms with Gasteiger partial charge in [0.2, 0.25) is 0 Å². The van der Waals surface area contributed by atoms with Gasteiger partial charge in [0.25, 0.3) is 0 Å². The highest BCUT2D eigenvalue weighted by molar-refractivity contribution is 8.77. The standard InChI is InChI=1S/C5H11NOS2.ClH/c6-1-5(2-7)3-8-9-4-5;/h7H,1-4,6H2;1H. The van der Waals surface area contributed by atoms with Crippen LogP contribution in [0.15, 0.2) is 0 Å². The first-order chi connectivity index (χ1) is 4.33. The molecule has 0 aliphatic carbocycles. The molecule has 1 saturated heterocycles. The molecule has 1 rings (SSSR count). The number of halogens is 1. The molecule has 5 heteroatoms. The van der Waals surface area contributed by atoms with Crippen LogP contribution in [-0.4, -0.2) is 29.8 Å². The summed E-state index contributed by atoms with van der Waals surface area (Å²) in [4.78, 5) is 0. The van der Waals surface area contributed by atoms with Crippen molar-refractivity contribution in [1.82, 2.24) is 0 Å². The Balaban J connectivity index is 0.000000810. The van der Waals surface area contributed by atoms with Crippen LogP contribution >= 0.6 is 34.0 Å². The van der Waals surface area contributed by atoms with E-state index in [4.69, 9.17) is 10.8 Å². The lowest BCUT2D eigenvalue weighted by molar-refractivity contribution is 0.176. The van der Waals surface area contributed by atoms with Crippen LogP contribution in [0.5, 0.6) is 0 Å². The third-order valence-corrected chi connectivity index (χ3v) is 4.42. The largest absolute Gasteiger partial charge is 0.396 e. The first-order valence-electron chi connectivity index (χ1n) is 2.88. The summed E-state index contributed by atoms with van der Waals surface area (Å²) < 4.78 is 0. The van der Waals surface area contributed by atoms with E-state index >= 15 is 0 Å². The molecule has 0 spiro atoms. The zero-order valence-corrected chi connectivity index (χ0v) is 8.03. The molecular weight excluding hydrogens is 190 g/mol. The lowest BCUT2D eigenvalue weighted by Gasteiger charge is -2.21. The predicted octanol–water partition coefficient (Wildman–Crippen LogP) is 0.741. The van der Waals surface area contributed by atoms with Crippen LogP contribution in [0.4, 0.5) is 0 Å². The van der Waals surface area contributed by atoms with Gasteiger partial charge in [-0.3, -0.25) is 0 Å². The van der Waals surface area contributed by atoms with Crippen LogP contribution in [0.1, 0.15) is 0 Å². The SMILES string of the molecule is Cl.NCC1(CO)CSSC1. The molecule has 1 fully saturated rings. The highest BCUT2D eigenvalue weighted by atomic mass is 35.5. The lowest BCUT2D eigenvalue weighted by Crippen LogP contribution is -2.36. The molecule has 10 heavy (non-hydrogen) atoms. The van der Waals surface area contributed by atoms with Crippen LogP contribution < -0.4 is 5.73 Å². The number of hydrogen-bond donors (Lipinski definition) is 2. The molecule has 0 aromatic rings. The smallest absolute Gasteiger partial charge is 0.0516 e. The summed E-state index contributed by atoms with van der Waals surface area (Å²) in [5, 5.41) is 8.91. The van der Waals surface area contributed by atoms with E-state index < -0.39 is 0 Å². The average Bonchev–Trinajstić information content (AvgIpc) is 2.36. The van der Waals surface area contributed by atoms with Crippen molar-refractivity contribution in [3.63, 3.8) is 0 Å². The first-order valence-corrected chi connectivity index (χ1v) is 5.37. The second-order valence-corrected chi connectivity index (χ2v) is 4.85. The molecule has 2 nitrogen and oxygen atoms in total. The van der Waals surface area contributed by atoms with Gasteiger partial charge in [0.15, 0.2) is 0 Å². The van der Waals surface area contributed by atoms with Gasteiger partial charge in [0.1, 0.15) is 0 Å². The minimum atomic E-state index is 0. The number of aliphatic hydroxyl groups is 1. The maximum Gasteiger partial charge on any atom is 0.0516 e. The molecule has 0 saturated carbocycles. The second kappa shape index (κ2) is 4.72. The van der Waals surface area contributed by atoms with E-state index in [0.717, 1.165) is 11.5 Å². The van der Waals surface area contributed by atoms with Crippen LogP contribution in [0, 0.1) is 5.41 Å². The van der Waals surface area contributed by atoms with E-state index in [2.05, 4.69) is 0 Å². The van der Waals surface area contributed by atoms with Gasteiger partial charge in [0, 0.05) is 23.5 Å². The topological polar surface area (TPSA) is 46.2 Å². The van der Waals surface area contributed by atoms with Gasteiger partial charge in [0.05, 0.1) is 6.61 Å². The monoisotopic (exact) mass is 201 g/mol. The molecule has 1 aliphatic rings. The first kappa shape index (κ1) is 10.9. The zero-order chi connectivity index (χ0) is 6.74. The molecule has 0 radical (unpaired) electrons. The van der Waals surface area contributed by atoms with Gasteiger partial charge in [-0.15, -0.1) is 12.4 Å². The number of hydrogen-bond acceptors (Lipinski definition) is 4. The summed E-state index contributed by atoms with van der Waals surface area (Å²) >= 11 is 0. The molecule has 0 bridgehead atoms. The van der Waals surface area contributed by atoms with Crippen molar-refractivity contribution in [2.75, 3.05) is 24.7 Å². The average molecular weight is 202 g/mol. The Hall–Kier alpha value is 0.910. The van der Waals surface area contributed by atoms with Crippen molar-refractivity contribution in [2.45, 2.75) is 0 Å². The highest BCUT2D eigenvalue weighted by Crippen LogP contribution is 2.41. The van der Waals surface area contributed by atoms with Crippen LogP contribution in [0.2, 0.25) is 0 Å². The van der Waals surface area contributed by atoms with E-state index in [9.17, 15) is 0 Å². The van der Waals surface area contributed by atoms with E-state index in [1.807, 2.05) is 0 Å². The summed E-state index contributed by atoms with van der Waals surface area (Å²) in [6, 6.07) is 0. The van der Waals surface area contributed by atoms with Gasteiger partial charge < -0.3 is 10.8 Å². The summed E-state index contributed by atoms with van der Waals surface area (Å²) in [6.45, 7) is 0.854. The van der Waals surface area contributed by atoms with Crippen molar-refractivity contribution < 1.29 is 5.11 Å². The fourth-order valence-electron chi connectivity index (χ4n) is 0.649. The molecule has 62 valence electrons.